The van der Waals surface area contributed by atoms with Crippen LogP contribution in [0.1, 0.15) is 354 Å². The number of nitrogens with one attached hydrogen (secondary N) is 1. The first-order valence-electron chi connectivity index (χ1n) is 34.6. The first-order chi connectivity index (χ1) is 38.3. The van der Waals surface area contributed by atoms with Crippen LogP contribution in [0.3, 0.4) is 0 Å². The van der Waals surface area contributed by atoms with Crippen molar-refractivity contribution in [2.24, 2.45) is 0 Å². The van der Waals surface area contributed by atoms with Crippen LogP contribution < -0.4 is 5.32 Å². The Hall–Kier alpha value is -1.33. The maximum Gasteiger partial charge on any atom is 0.220 e. The quantitative estimate of drug-likeness (QED) is 0.0261. The highest BCUT2D eigenvalue weighted by atomic mass is 16.7. The lowest BCUT2D eigenvalue weighted by atomic mass is 9.99. The van der Waals surface area contributed by atoms with E-state index >= 15 is 0 Å². The summed E-state index contributed by atoms with van der Waals surface area (Å²) >= 11 is 0. The van der Waals surface area contributed by atoms with Gasteiger partial charge in [-0.2, -0.15) is 0 Å². The van der Waals surface area contributed by atoms with Crippen molar-refractivity contribution < 1.29 is 39.8 Å². The Balaban J connectivity index is 2.13. The third-order valence-electron chi connectivity index (χ3n) is 16.8. The first kappa shape index (κ1) is 74.7. The average molecular weight is 1100 g/mol. The zero-order valence-corrected chi connectivity index (χ0v) is 51.7. The van der Waals surface area contributed by atoms with Crippen molar-refractivity contribution in [3.8, 4) is 0 Å². The molecule has 78 heavy (non-hydrogen) atoms. The smallest absolute Gasteiger partial charge is 0.220 e. The molecule has 7 atom stereocenters. The summed E-state index contributed by atoms with van der Waals surface area (Å²) in [5.74, 6) is -0.170. The average Bonchev–Trinajstić information content (AvgIpc) is 3.45. The van der Waals surface area contributed by atoms with Crippen LogP contribution in [0.2, 0.25) is 0 Å². The minimum Gasteiger partial charge on any atom is -0.394 e. The molecule has 462 valence electrons. The van der Waals surface area contributed by atoms with Gasteiger partial charge < -0.3 is 40.3 Å². The molecule has 0 aliphatic carbocycles. The number of amides is 1. The monoisotopic (exact) mass is 1100 g/mol. The van der Waals surface area contributed by atoms with Gasteiger partial charge in [0.05, 0.1) is 25.4 Å². The molecule has 0 bridgehead atoms. The lowest BCUT2D eigenvalue weighted by Crippen LogP contribution is -2.60. The number of carbonyl (C=O) groups is 1. The van der Waals surface area contributed by atoms with Crippen LogP contribution in [0.4, 0.5) is 0 Å². The Bertz CT molecular complexity index is 1280. The van der Waals surface area contributed by atoms with Crippen molar-refractivity contribution in [2.75, 3.05) is 13.2 Å². The minimum atomic E-state index is -1.57. The molecule has 7 unspecified atom stereocenters. The summed E-state index contributed by atoms with van der Waals surface area (Å²) in [6, 6.07) is -0.804. The Morgan fingerprint density at radius 1 is 0.423 bits per heavy atom. The predicted molar refractivity (Wildman–Crippen MR) is 332 cm³/mol. The fraction of sp³-hybridized carbons (Fsp3) is 0.928. The summed E-state index contributed by atoms with van der Waals surface area (Å²) < 4.78 is 11.3. The highest BCUT2D eigenvalue weighted by Crippen LogP contribution is 2.23. The first-order valence-corrected chi connectivity index (χ1v) is 34.6. The van der Waals surface area contributed by atoms with Gasteiger partial charge in [0, 0.05) is 6.42 Å². The van der Waals surface area contributed by atoms with Crippen LogP contribution in [0, 0.1) is 0 Å². The fourth-order valence-electron chi connectivity index (χ4n) is 11.3. The molecule has 1 amide bonds. The van der Waals surface area contributed by atoms with Gasteiger partial charge in [-0.1, -0.05) is 327 Å². The molecule has 1 saturated heterocycles. The van der Waals surface area contributed by atoms with Gasteiger partial charge in [-0.3, -0.25) is 4.79 Å². The maximum atomic E-state index is 13.1. The second-order valence-electron chi connectivity index (χ2n) is 24.3. The molecule has 0 saturated carbocycles. The molecular formula is C69H133NO8. The van der Waals surface area contributed by atoms with E-state index in [2.05, 4.69) is 31.3 Å². The fourth-order valence-corrected chi connectivity index (χ4v) is 11.3. The molecule has 1 fully saturated rings. The number of carbonyl (C=O) groups excluding carboxylic acids is 1. The van der Waals surface area contributed by atoms with Crippen LogP contribution in [0.5, 0.6) is 0 Å². The predicted octanol–water partition coefficient (Wildman–Crippen LogP) is 18.5. The number of aliphatic hydroxyl groups is 5. The number of rotatable bonds is 61. The molecule has 1 rings (SSSR count). The van der Waals surface area contributed by atoms with E-state index in [4.69, 9.17) is 9.47 Å². The third-order valence-corrected chi connectivity index (χ3v) is 16.8. The highest BCUT2D eigenvalue weighted by Gasteiger charge is 2.44. The Morgan fingerprint density at radius 2 is 0.718 bits per heavy atom. The number of hydrogen-bond acceptors (Lipinski definition) is 8. The largest absolute Gasteiger partial charge is 0.394 e. The minimum absolute atomic E-state index is 0.170. The lowest BCUT2D eigenvalue weighted by molar-refractivity contribution is -0.302. The summed E-state index contributed by atoms with van der Waals surface area (Å²) in [7, 11) is 0. The van der Waals surface area contributed by atoms with E-state index < -0.39 is 49.5 Å². The molecule has 0 aromatic carbocycles. The molecule has 1 aliphatic heterocycles. The van der Waals surface area contributed by atoms with Crippen molar-refractivity contribution in [3.05, 3.63) is 24.3 Å². The Labute approximate surface area is 483 Å². The molecule has 1 aliphatic rings. The second-order valence-corrected chi connectivity index (χ2v) is 24.3. The maximum absolute atomic E-state index is 13.1. The van der Waals surface area contributed by atoms with Gasteiger partial charge >= 0.3 is 0 Å². The van der Waals surface area contributed by atoms with Crippen molar-refractivity contribution in [2.45, 2.75) is 397 Å². The van der Waals surface area contributed by atoms with Gasteiger partial charge in [-0.25, -0.2) is 0 Å². The van der Waals surface area contributed by atoms with Crippen molar-refractivity contribution in [1.29, 1.82) is 0 Å². The summed E-state index contributed by atoms with van der Waals surface area (Å²) in [5.41, 5.74) is 0. The van der Waals surface area contributed by atoms with Gasteiger partial charge in [0.2, 0.25) is 5.91 Å². The zero-order valence-electron chi connectivity index (χ0n) is 51.7. The number of aliphatic hydroxyl groups excluding tert-OH is 5. The summed E-state index contributed by atoms with van der Waals surface area (Å²) in [6.07, 6.45) is 70.0. The standard InChI is InChI=1S/C69H133NO8/c1-3-5-7-9-11-13-15-17-19-21-23-25-27-29-30-31-32-33-35-36-38-40-42-44-46-48-50-52-54-56-58-63(72)62(61-77-69-68(76)67(75)66(74)64(60-71)78-69)70-65(73)59-57-55-53-51-49-47-45-43-41-39-37-34-28-26-24-22-20-18-16-14-12-10-8-6-4-2/h22,24,56,58,62-64,66-69,71-72,74-76H,3-21,23,25-55,57,59-61H2,1-2H3,(H,70,73)/b24-22-,58-56+. The number of allylic oxidation sites excluding steroid dienone is 3. The SMILES string of the molecule is CCCCCCCCCC/C=C\CCCCCCCCCCCCCCCC(=O)NC(COC1OC(CO)C(O)C(O)C1O)C(O)/C=C/CCCCCCCCCCCCCCCCCCCCCCCCCCCCCC. The van der Waals surface area contributed by atoms with Gasteiger partial charge in [0.1, 0.15) is 24.4 Å². The van der Waals surface area contributed by atoms with E-state index in [0.717, 1.165) is 38.5 Å². The second kappa shape index (κ2) is 58.9. The van der Waals surface area contributed by atoms with Gasteiger partial charge in [-0.05, 0) is 44.9 Å². The van der Waals surface area contributed by atoms with Crippen LogP contribution in [-0.2, 0) is 14.3 Å². The van der Waals surface area contributed by atoms with Gasteiger partial charge in [0.15, 0.2) is 6.29 Å². The molecule has 6 N–H and O–H groups in total. The van der Waals surface area contributed by atoms with Crippen LogP contribution >= 0.6 is 0 Å². The van der Waals surface area contributed by atoms with E-state index in [1.165, 1.54) is 295 Å². The zero-order chi connectivity index (χ0) is 56.5. The Kier molecular flexibility index (Phi) is 56.3. The summed E-state index contributed by atoms with van der Waals surface area (Å²) in [5, 5.41) is 54.8. The molecule has 9 heteroatoms. The number of ether oxygens (including phenoxy) is 2. The molecule has 1 heterocycles. The Morgan fingerprint density at radius 3 is 1.04 bits per heavy atom. The van der Waals surface area contributed by atoms with Crippen molar-refractivity contribution in [3.63, 3.8) is 0 Å². The molecule has 0 aromatic rings. The van der Waals surface area contributed by atoms with Gasteiger partial charge in [0.25, 0.3) is 0 Å². The molecule has 0 spiro atoms. The normalized spacial score (nSPS) is 18.7. The van der Waals surface area contributed by atoms with Crippen LogP contribution in [-0.4, -0.2) is 87.5 Å². The topological polar surface area (TPSA) is 149 Å². The third kappa shape index (κ3) is 47.2. The van der Waals surface area contributed by atoms with Crippen LogP contribution in [0.15, 0.2) is 24.3 Å². The summed E-state index contributed by atoms with van der Waals surface area (Å²) in [4.78, 5) is 13.1. The molecule has 9 nitrogen and oxygen atoms in total. The lowest BCUT2D eigenvalue weighted by Gasteiger charge is -2.40. The van der Waals surface area contributed by atoms with E-state index in [0.29, 0.717) is 6.42 Å². The number of unbranched alkanes of at least 4 members (excludes halogenated alkanes) is 49. The highest BCUT2D eigenvalue weighted by molar-refractivity contribution is 5.76. The van der Waals surface area contributed by atoms with Crippen molar-refractivity contribution in [1.82, 2.24) is 5.32 Å². The van der Waals surface area contributed by atoms with E-state index in [1.807, 2.05) is 6.08 Å². The number of hydrogen-bond donors (Lipinski definition) is 6. The van der Waals surface area contributed by atoms with Crippen molar-refractivity contribution >= 4 is 5.91 Å². The van der Waals surface area contributed by atoms with E-state index in [1.54, 1.807) is 6.08 Å². The molecule has 0 radical (unpaired) electrons. The van der Waals surface area contributed by atoms with E-state index in [-0.39, 0.29) is 12.5 Å². The van der Waals surface area contributed by atoms with Crippen LogP contribution in [0.25, 0.3) is 0 Å². The molecule has 0 aromatic heterocycles. The molecular weight excluding hydrogens is 971 g/mol. The van der Waals surface area contributed by atoms with E-state index in [9.17, 15) is 30.3 Å². The van der Waals surface area contributed by atoms with Gasteiger partial charge in [-0.15, -0.1) is 0 Å². The summed E-state index contributed by atoms with van der Waals surface area (Å²) in [6.45, 7) is 3.83.